The van der Waals surface area contributed by atoms with E-state index < -0.39 is 0 Å². The summed E-state index contributed by atoms with van der Waals surface area (Å²) in [6.45, 7) is 3.60. The lowest BCUT2D eigenvalue weighted by Gasteiger charge is -2.17. The number of benzene rings is 1. The molecule has 1 aliphatic carbocycles. The number of halogens is 3. The van der Waals surface area contributed by atoms with Crippen molar-refractivity contribution in [3.05, 3.63) is 26.6 Å². The second-order valence-corrected chi connectivity index (χ2v) is 7.10. The second-order valence-electron chi connectivity index (χ2n) is 5.39. The molecule has 2 nitrogen and oxygen atoms in total. The molecular formula is C16H24Br2ClNO. The van der Waals surface area contributed by atoms with E-state index in [4.69, 9.17) is 4.74 Å². The van der Waals surface area contributed by atoms with Gasteiger partial charge in [-0.05, 0) is 69.3 Å². The molecule has 1 N–H and O–H groups in total. The maximum absolute atomic E-state index is 5.62. The molecule has 0 radical (unpaired) electrons. The first kappa shape index (κ1) is 19.3. The summed E-state index contributed by atoms with van der Waals surface area (Å²) in [5.41, 5.74) is 1.29. The Hall–Kier alpha value is 0.230. The van der Waals surface area contributed by atoms with E-state index in [2.05, 4.69) is 49.3 Å². The summed E-state index contributed by atoms with van der Waals surface area (Å²) in [5, 5.41) is 3.70. The Balaban J connectivity index is 0.00000220. The van der Waals surface area contributed by atoms with Gasteiger partial charge < -0.3 is 10.1 Å². The SMILES string of the molecule is CCOc1c(Br)cc(CNC2CCCCCC2)cc1Br.Cl. The molecule has 1 aromatic carbocycles. The number of nitrogens with one attached hydrogen (secondary N) is 1. The smallest absolute Gasteiger partial charge is 0.147 e. The van der Waals surface area contributed by atoms with E-state index in [9.17, 15) is 0 Å². The van der Waals surface area contributed by atoms with Crippen LogP contribution in [0.25, 0.3) is 0 Å². The highest BCUT2D eigenvalue weighted by molar-refractivity contribution is 9.11. The van der Waals surface area contributed by atoms with Gasteiger partial charge in [-0.1, -0.05) is 25.7 Å². The van der Waals surface area contributed by atoms with Crippen LogP contribution >= 0.6 is 44.3 Å². The largest absolute Gasteiger partial charge is 0.492 e. The van der Waals surface area contributed by atoms with Gasteiger partial charge in [0.2, 0.25) is 0 Å². The minimum absolute atomic E-state index is 0. The topological polar surface area (TPSA) is 21.3 Å². The molecule has 0 aromatic heterocycles. The molecule has 0 bridgehead atoms. The van der Waals surface area contributed by atoms with Crippen LogP contribution in [-0.2, 0) is 6.54 Å². The average molecular weight is 442 g/mol. The van der Waals surface area contributed by atoms with Crippen molar-refractivity contribution in [1.82, 2.24) is 5.32 Å². The van der Waals surface area contributed by atoms with Crippen molar-refractivity contribution in [3.63, 3.8) is 0 Å². The summed E-state index contributed by atoms with van der Waals surface area (Å²) in [7, 11) is 0. The standard InChI is InChI=1S/C16H23Br2NO.ClH/c1-2-20-16-14(17)9-12(10-15(16)18)11-19-13-7-5-3-4-6-8-13;/h9-10,13,19H,2-8,11H2,1H3;1H. The Kier molecular flexibility index (Phi) is 9.26. The van der Waals surface area contributed by atoms with Gasteiger partial charge in [-0.25, -0.2) is 0 Å². The maximum atomic E-state index is 5.62. The van der Waals surface area contributed by atoms with E-state index in [-0.39, 0.29) is 12.4 Å². The van der Waals surface area contributed by atoms with E-state index in [0.717, 1.165) is 21.2 Å². The molecule has 0 aliphatic heterocycles. The highest BCUT2D eigenvalue weighted by atomic mass is 79.9. The number of ether oxygens (including phenoxy) is 1. The molecule has 0 amide bonds. The van der Waals surface area contributed by atoms with Crippen LogP contribution in [-0.4, -0.2) is 12.6 Å². The van der Waals surface area contributed by atoms with Gasteiger partial charge in [-0.2, -0.15) is 0 Å². The molecule has 0 heterocycles. The summed E-state index contributed by atoms with van der Waals surface area (Å²) < 4.78 is 7.66. The van der Waals surface area contributed by atoms with Crippen molar-refractivity contribution in [3.8, 4) is 5.75 Å². The highest BCUT2D eigenvalue weighted by Crippen LogP contribution is 2.34. The number of rotatable bonds is 5. The zero-order chi connectivity index (χ0) is 14.4. The first-order valence-electron chi connectivity index (χ1n) is 7.54. The van der Waals surface area contributed by atoms with Crippen molar-refractivity contribution in [1.29, 1.82) is 0 Å². The molecule has 120 valence electrons. The fourth-order valence-electron chi connectivity index (χ4n) is 2.74. The van der Waals surface area contributed by atoms with Gasteiger partial charge in [0.1, 0.15) is 5.75 Å². The third-order valence-electron chi connectivity index (χ3n) is 3.80. The van der Waals surface area contributed by atoms with E-state index in [1.807, 2.05) is 6.92 Å². The lowest BCUT2D eigenvalue weighted by atomic mass is 10.1. The van der Waals surface area contributed by atoms with E-state index in [1.54, 1.807) is 0 Å². The normalized spacial score (nSPS) is 16.1. The molecule has 0 saturated heterocycles. The Morgan fingerprint density at radius 1 is 1.10 bits per heavy atom. The summed E-state index contributed by atoms with van der Waals surface area (Å²) in [4.78, 5) is 0. The van der Waals surface area contributed by atoms with Gasteiger partial charge in [0.05, 0.1) is 15.6 Å². The molecule has 21 heavy (non-hydrogen) atoms. The summed E-state index contributed by atoms with van der Waals surface area (Å²) >= 11 is 7.19. The van der Waals surface area contributed by atoms with Crippen LogP contribution in [0.1, 0.15) is 51.0 Å². The van der Waals surface area contributed by atoms with Gasteiger partial charge >= 0.3 is 0 Å². The van der Waals surface area contributed by atoms with Crippen LogP contribution in [0.4, 0.5) is 0 Å². The molecule has 0 unspecified atom stereocenters. The predicted octanol–water partition coefficient (Wildman–Crippen LogP) is 5.84. The fraction of sp³-hybridized carbons (Fsp3) is 0.625. The number of hydrogen-bond donors (Lipinski definition) is 1. The Morgan fingerprint density at radius 3 is 2.19 bits per heavy atom. The first-order chi connectivity index (χ1) is 9.70. The molecule has 0 spiro atoms. The third kappa shape index (κ3) is 6.09. The Morgan fingerprint density at radius 2 is 1.67 bits per heavy atom. The average Bonchev–Trinajstić information content (AvgIpc) is 2.69. The molecule has 2 rings (SSSR count). The lowest BCUT2D eigenvalue weighted by Crippen LogP contribution is -2.27. The molecule has 1 aromatic rings. The Labute approximate surface area is 151 Å². The van der Waals surface area contributed by atoms with Crippen LogP contribution in [0.2, 0.25) is 0 Å². The molecule has 1 aliphatic rings. The van der Waals surface area contributed by atoms with Crippen LogP contribution in [0.3, 0.4) is 0 Å². The quantitative estimate of drug-likeness (QED) is 0.579. The van der Waals surface area contributed by atoms with E-state index >= 15 is 0 Å². The highest BCUT2D eigenvalue weighted by Gasteiger charge is 2.13. The van der Waals surface area contributed by atoms with Gasteiger partial charge in [0.25, 0.3) is 0 Å². The van der Waals surface area contributed by atoms with Crippen molar-refractivity contribution < 1.29 is 4.74 Å². The van der Waals surface area contributed by atoms with E-state index in [0.29, 0.717) is 12.6 Å². The molecule has 5 heteroatoms. The van der Waals surface area contributed by atoms with Crippen molar-refractivity contribution >= 4 is 44.3 Å². The van der Waals surface area contributed by atoms with Crippen LogP contribution in [0.15, 0.2) is 21.1 Å². The predicted molar refractivity (Wildman–Crippen MR) is 98.6 cm³/mol. The van der Waals surface area contributed by atoms with Crippen LogP contribution in [0.5, 0.6) is 5.75 Å². The fourth-order valence-corrected chi connectivity index (χ4v) is 4.25. The lowest BCUT2D eigenvalue weighted by molar-refractivity contribution is 0.336. The second kappa shape index (κ2) is 10.1. The summed E-state index contributed by atoms with van der Waals surface area (Å²) in [5.74, 6) is 0.894. The van der Waals surface area contributed by atoms with Crippen molar-refractivity contribution in [2.45, 2.75) is 58.0 Å². The van der Waals surface area contributed by atoms with Gasteiger partial charge in [0, 0.05) is 12.6 Å². The minimum atomic E-state index is 0. The zero-order valence-electron chi connectivity index (χ0n) is 12.5. The minimum Gasteiger partial charge on any atom is -0.492 e. The third-order valence-corrected chi connectivity index (χ3v) is 4.97. The van der Waals surface area contributed by atoms with Crippen molar-refractivity contribution in [2.24, 2.45) is 0 Å². The van der Waals surface area contributed by atoms with Crippen LogP contribution in [0, 0.1) is 0 Å². The maximum Gasteiger partial charge on any atom is 0.147 e. The monoisotopic (exact) mass is 439 g/mol. The molecule has 1 saturated carbocycles. The summed E-state index contributed by atoms with van der Waals surface area (Å²) in [6.07, 6.45) is 8.18. The molecular weight excluding hydrogens is 417 g/mol. The van der Waals surface area contributed by atoms with Crippen molar-refractivity contribution in [2.75, 3.05) is 6.61 Å². The van der Waals surface area contributed by atoms with Gasteiger partial charge in [0.15, 0.2) is 0 Å². The first-order valence-corrected chi connectivity index (χ1v) is 9.13. The zero-order valence-corrected chi connectivity index (χ0v) is 16.4. The molecule has 0 atom stereocenters. The number of hydrogen-bond acceptors (Lipinski definition) is 2. The Bertz CT molecular complexity index is 411. The molecule has 1 fully saturated rings. The summed E-state index contributed by atoms with van der Waals surface area (Å²) in [6, 6.07) is 4.99. The van der Waals surface area contributed by atoms with E-state index in [1.165, 1.54) is 44.1 Å². The van der Waals surface area contributed by atoms with Gasteiger partial charge in [-0.3, -0.25) is 0 Å². The van der Waals surface area contributed by atoms with Gasteiger partial charge in [-0.15, -0.1) is 12.4 Å². The van der Waals surface area contributed by atoms with Crippen LogP contribution < -0.4 is 10.1 Å².